The Morgan fingerprint density at radius 3 is 2.48 bits per heavy atom. The minimum absolute atomic E-state index is 0.0817. The molecule has 0 atom stereocenters. The highest BCUT2D eigenvalue weighted by Crippen LogP contribution is 2.25. The number of anilines is 1. The third-order valence-corrected chi connectivity index (χ3v) is 4.86. The Balaban J connectivity index is 2.01. The fraction of sp³-hybridized carbons (Fsp3) is 0.600. The summed E-state index contributed by atoms with van der Waals surface area (Å²) in [6.07, 6.45) is 1.98. The number of carbonyl (C=O) groups is 2. The van der Waals surface area contributed by atoms with Gasteiger partial charge in [-0.25, -0.2) is 4.79 Å². The third-order valence-electron chi connectivity index (χ3n) is 4.53. The molecule has 7 heteroatoms. The average Bonchev–Trinajstić information content (AvgIpc) is 2.60. The van der Waals surface area contributed by atoms with E-state index in [2.05, 4.69) is 22.9 Å². The Hall–Kier alpha value is -1.79. The zero-order valence-electron chi connectivity index (χ0n) is 16.7. The maximum Gasteiger partial charge on any atom is 0.319 e. The lowest BCUT2D eigenvalue weighted by atomic mass is 9.96. The molecule has 1 heterocycles. The standard InChI is InChI=1S/C20H31ClN4O2/c1-5-22-13-14-8-10-25(11-9-14)18(26)16-12-15(6-7-17(16)21)23-19(27)24-20(2,3)4/h6-7,12,14,22H,5,8-11,13H2,1-4H3,(H2,23,24,27). The molecule has 0 bridgehead atoms. The maximum atomic E-state index is 12.9. The van der Waals surface area contributed by atoms with Crippen LogP contribution in [0, 0.1) is 5.92 Å². The lowest BCUT2D eigenvalue weighted by Gasteiger charge is -2.32. The van der Waals surface area contributed by atoms with Gasteiger partial charge in [-0.2, -0.15) is 0 Å². The van der Waals surface area contributed by atoms with E-state index in [0.29, 0.717) is 22.2 Å². The predicted molar refractivity (Wildman–Crippen MR) is 111 cm³/mol. The number of nitrogens with zero attached hydrogens (tertiary/aromatic N) is 1. The van der Waals surface area contributed by atoms with Crippen LogP contribution in [-0.2, 0) is 0 Å². The molecule has 0 unspecified atom stereocenters. The normalized spacial score (nSPS) is 15.5. The van der Waals surface area contributed by atoms with Crippen molar-refractivity contribution < 1.29 is 9.59 Å². The Morgan fingerprint density at radius 1 is 1.22 bits per heavy atom. The molecule has 0 aromatic heterocycles. The third kappa shape index (κ3) is 6.70. The van der Waals surface area contributed by atoms with Gasteiger partial charge in [0, 0.05) is 24.3 Å². The summed E-state index contributed by atoms with van der Waals surface area (Å²) in [7, 11) is 0. The monoisotopic (exact) mass is 394 g/mol. The van der Waals surface area contributed by atoms with Gasteiger partial charge in [0.25, 0.3) is 5.91 Å². The van der Waals surface area contributed by atoms with Crippen LogP contribution in [0.25, 0.3) is 0 Å². The Labute approximate surface area is 167 Å². The van der Waals surface area contributed by atoms with Gasteiger partial charge >= 0.3 is 6.03 Å². The molecule has 1 aliphatic rings. The van der Waals surface area contributed by atoms with Crippen LogP contribution in [0.2, 0.25) is 5.02 Å². The molecule has 1 aliphatic heterocycles. The van der Waals surface area contributed by atoms with Crippen LogP contribution in [0.3, 0.4) is 0 Å². The SMILES string of the molecule is CCNCC1CCN(C(=O)c2cc(NC(=O)NC(C)(C)C)ccc2Cl)CC1. The molecule has 2 rings (SSSR count). The Morgan fingerprint density at radius 2 is 1.89 bits per heavy atom. The fourth-order valence-corrected chi connectivity index (χ4v) is 3.33. The number of amides is 3. The summed E-state index contributed by atoms with van der Waals surface area (Å²) in [4.78, 5) is 26.8. The molecule has 6 nitrogen and oxygen atoms in total. The van der Waals surface area contributed by atoms with E-state index in [1.807, 2.05) is 25.7 Å². The van der Waals surface area contributed by atoms with Crippen molar-refractivity contribution in [2.75, 3.05) is 31.5 Å². The Kier molecular flexibility index (Phi) is 7.50. The smallest absolute Gasteiger partial charge is 0.319 e. The van der Waals surface area contributed by atoms with Gasteiger partial charge < -0.3 is 20.9 Å². The van der Waals surface area contributed by atoms with Crippen molar-refractivity contribution in [3.05, 3.63) is 28.8 Å². The number of benzene rings is 1. The first kappa shape index (κ1) is 21.5. The molecule has 0 radical (unpaired) electrons. The van der Waals surface area contributed by atoms with Gasteiger partial charge in [-0.05, 0) is 70.8 Å². The van der Waals surface area contributed by atoms with Crippen molar-refractivity contribution in [2.45, 2.75) is 46.1 Å². The van der Waals surface area contributed by atoms with E-state index in [1.165, 1.54) is 0 Å². The Bertz CT molecular complexity index is 664. The van der Waals surface area contributed by atoms with Crippen molar-refractivity contribution in [1.29, 1.82) is 0 Å². The summed E-state index contributed by atoms with van der Waals surface area (Å²) in [5.74, 6) is 0.528. The molecule has 3 amide bonds. The van der Waals surface area contributed by atoms with Crippen LogP contribution < -0.4 is 16.0 Å². The topological polar surface area (TPSA) is 73.5 Å². The lowest BCUT2D eigenvalue weighted by Crippen LogP contribution is -2.43. The van der Waals surface area contributed by atoms with E-state index in [9.17, 15) is 9.59 Å². The molecule has 0 aliphatic carbocycles. The maximum absolute atomic E-state index is 12.9. The summed E-state index contributed by atoms with van der Waals surface area (Å²) in [5.41, 5.74) is 0.633. The first-order chi connectivity index (χ1) is 12.7. The van der Waals surface area contributed by atoms with E-state index in [1.54, 1.807) is 18.2 Å². The van der Waals surface area contributed by atoms with Gasteiger partial charge in [0.15, 0.2) is 0 Å². The van der Waals surface area contributed by atoms with E-state index in [-0.39, 0.29) is 17.5 Å². The van der Waals surface area contributed by atoms with Crippen molar-refractivity contribution >= 4 is 29.2 Å². The van der Waals surface area contributed by atoms with Crippen molar-refractivity contribution in [1.82, 2.24) is 15.5 Å². The van der Waals surface area contributed by atoms with Gasteiger partial charge in [0.1, 0.15) is 0 Å². The minimum atomic E-state index is -0.341. The molecule has 27 heavy (non-hydrogen) atoms. The van der Waals surface area contributed by atoms with Crippen LogP contribution >= 0.6 is 11.6 Å². The summed E-state index contributed by atoms with van der Waals surface area (Å²) >= 11 is 6.26. The van der Waals surface area contributed by atoms with Crippen LogP contribution in [0.4, 0.5) is 10.5 Å². The highest BCUT2D eigenvalue weighted by atomic mass is 35.5. The van der Waals surface area contributed by atoms with Crippen molar-refractivity contribution in [3.63, 3.8) is 0 Å². The number of piperidine rings is 1. The van der Waals surface area contributed by atoms with E-state index in [4.69, 9.17) is 11.6 Å². The number of halogens is 1. The summed E-state index contributed by atoms with van der Waals surface area (Å²) < 4.78 is 0. The van der Waals surface area contributed by atoms with Gasteiger partial charge in [0.2, 0.25) is 0 Å². The summed E-state index contributed by atoms with van der Waals surface area (Å²) in [6.45, 7) is 11.2. The van der Waals surface area contributed by atoms with Gasteiger partial charge in [-0.1, -0.05) is 18.5 Å². The number of hydrogen-bond acceptors (Lipinski definition) is 3. The second kappa shape index (κ2) is 9.42. The number of hydrogen-bond donors (Lipinski definition) is 3. The summed E-state index contributed by atoms with van der Waals surface area (Å²) in [5, 5.41) is 9.37. The van der Waals surface area contributed by atoms with Gasteiger partial charge in [0.05, 0.1) is 10.6 Å². The molecule has 1 aromatic carbocycles. The zero-order valence-corrected chi connectivity index (χ0v) is 17.4. The first-order valence-corrected chi connectivity index (χ1v) is 9.96. The van der Waals surface area contributed by atoms with Crippen LogP contribution in [0.1, 0.15) is 50.9 Å². The molecule has 3 N–H and O–H groups in total. The number of rotatable bonds is 5. The second-order valence-corrected chi connectivity index (χ2v) is 8.47. The molecule has 1 aromatic rings. The summed E-state index contributed by atoms with van der Waals surface area (Å²) in [6, 6.07) is 4.69. The van der Waals surface area contributed by atoms with E-state index in [0.717, 1.165) is 39.0 Å². The molecule has 0 spiro atoms. The highest BCUT2D eigenvalue weighted by Gasteiger charge is 2.25. The molecule has 1 fully saturated rings. The largest absolute Gasteiger partial charge is 0.339 e. The van der Waals surface area contributed by atoms with E-state index < -0.39 is 0 Å². The fourth-order valence-electron chi connectivity index (χ4n) is 3.13. The quantitative estimate of drug-likeness (QED) is 0.712. The predicted octanol–water partition coefficient (Wildman–Crippen LogP) is 3.72. The molecular formula is C20H31ClN4O2. The van der Waals surface area contributed by atoms with Crippen LogP contribution in [-0.4, -0.2) is 48.6 Å². The van der Waals surface area contributed by atoms with Gasteiger partial charge in [-0.15, -0.1) is 0 Å². The molecule has 1 saturated heterocycles. The number of carbonyl (C=O) groups excluding carboxylic acids is 2. The molecule has 150 valence electrons. The van der Waals surface area contributed by atoms with Crippen LogP contribution in [0.15, 0.2) is 18.2 Å². The average molecular weight is 395 g/mol. The molecular weight excluding hydrogens is 364 g/mol. The minimum Gasteiger partial charge on any atom is -0.339 e. The zero-order chi connectivity index (χ0) is 20.0. The lowest BCUT2D eigenvalue weighted by molar-refractivity contribution is 0.0690. The van der Waals surface area contributed by atoms with Crippen LogP contribution in [0.5, 0.6) is 0 Å². The van der Waals surface area contributed by atoms with Gasteiger partial charge in [-0.3, -0.25) is 4.79 Å². The number of likely N-dealkylation sites (tertiary alicyclic amines) is 1. The first-order valence-electron chi connectivity index (χ1n) is 9.58. The van der Waals surface area contributed by atoms with Crippen molar-refractivity contribution in [2.24, 2.45) is 5.92 Å². The highest BCUT2D eigenvalue weighted by molar-refractivity contribution is 6.34. The van der Waals surface area contributed by atoms with E-state index >= 15 is 0 Å². The van der Waals surface area contributed by atoms with Crippen molar-refractivity contribution in [3.8, 4) is 0 Å². The number of nitrogens with one attached hydrogen (secondary N) is 3. The number of urea groups is 1. The second-order valence-electron chi connectivity index (χ2n) is 8.07. The molecule has 0 saturated carbocycles.